The van der Waals surface area contributed by atoms with Crippen molar-refractivity contribution in [3.05, 3.63) is 104 Å². The van der Waals surface area contributed by atoms with Crippen molar-refractivity contribution < 1.29 is 9.59 Å². The summed E-state index contributed by atoms with van der Waals surface area (Å²) < 4.78 is 0. The average Bonchev–Trinajstić information content (AvgIpc) is 2.86. The van der Waals surface area contributed by atoms with Crippen molar-refractivity contribution in [3.8, 4) is 0 Å². The van der Waals surface area contributed by atoms with Gasteiger partial charge in [-0.1, -0.05) is 102 Å². The summed E-state index contributed by atoms with van der Waals surface area (Å²) in [7, 11) is 0. The molecule has 1 N–H and O–H groups in total. The molecule has 2 amide bonds. The van der Waals surface area contributed by atoms with E-state index in [2.05, 4.69) is 12.2 Å². The second-order valence-electron chi connectivity index (χ2n) is 8.53. The zero-order valence-electron chi connectivity index (χ0n) is 19.9. The van der Waals surface area contributed by atoms with Crippen LogP contribution in [0.1, 0.15) is 36.5 Å². The monoisotopic (exact) mass is 564 g/mol. The molecule has 0 aliphatic carbocycles. The van der Waals surface area contributed by atoms with Gasteiger partial charge in [0.05, 0.1) is 16.5 Å². The Kier molecular flexibility index (Phi) is 10.9. The van der Waals surface area contributed by atoms with Gasteiger partial charge in [0.25, 0.3) is 0 Å². The molecule has 0 unspecified atom stereocenters. The summed E-state index contributed by atoms with van der Waals surface area (Å²) in [5, 5.41) is 4.70. The summed E-state index contributed by atoms with van der Waals surface area (Å²) in [6.45, 7) is 2.78. The van der Waals surface area contributed by atoms with E-state index in [0.717, 1.165) is 24.0 Å². The Labute approximate surface area is 232 Å². The Morgan fingerprint density at radius 3 is 2.28 bits per heavy atom. The Morgan fingerprint density at radius 2 is 1.61 bits per heavy atom. The molecule has 0 aliphatic heterocycles. The Hall–Kier alpha value is -2.24. The van der Waals surface area contributed by atoms with Crippen molar-refractivity contribution in [2.75, 3.05) is 6.54 Å². The van der Waals surface area contributed by atoms with Crippen LogP contribution in [0, 0.1) is 0 Å². The number of rotatable bonds is 11. The average molecular weight is 566 g/mol. The first-order valence-corrected chi connectivity index (χ1v) is 13.3. The number of benzene rings is 3. The summed E-state index contributed by atoms with van der Waals surface area (Å²) in [5.41, 5.74) is 2.35. The molecule has 0 saturated carbocycles. The predicted molar refractivity (Wildman–Crippen MR) is 149 cm³/mol. The Balaban J connectivity index is 1.98. The third-order valence-electron chi connectivity index (χ3n) is 5.79. The van der Waals surface area contributed by atoms with Gasteiger partial charge in [-0.3, -0.25) is 9.59 Å². The van der Waals surface area contributed by atoms with E-state index >= 15 is 0 Å². The summed E-state index contributed by atoms with van der Waals surface area (Å²) in [4.78, 5) is 28.8. The number of unbranched alkanes of at least 4 members (excludes halogenated alkanes) is 1. The van der Waals surface area contributed by atoms with Crippen LogP contribution in [0.3, 0.4) is 0 Å². The van der Waals surface area contributed by atoms with Crippen LogP contribution in [0.5, 0.6) is 0 Å². The van der Waals surface area contributed by atoms with Crippen molar-refractivity contribution in [1.29, 1.82) is 0 Å². The highest BCUT2D eigenvalue weighted by Gasteiger charge is 2.30. The largest absolute Gasteiger partial charge is 0.354 e. The van der Waals surface area contributed by atoms with E-state index in [9.17, 15) is 9.59 Å². The zero-order chi connectivity index (χ0) is 26.1. The zero-order valence-corrected chi connectivity index (χ0v) is 23.0. The molecule has 0 saturated heterocycles. The number of carbonyl (C=O) groups is 2. The third-order valence-corrected chi connectivity index (χ3v) is 7.12. The van der Waals surface area contributed by atoms with Crippen molar-refractivity contribution in [2.24, 2.45) is 0 Å². The molecule has 0 radical (unpaired) electrons. The number of halogens is 4. The highest BCUT2D eigenvalue weighted by molar-refractivity contribution is 6.42. The van der Waals surface area contributed by atoms with Gasteiger partial charge in [0, 0.05) is 29.6 Å². The number of amides is 2. The van der Waals surface area contributed by atoms with Gasteiger partial charge in [-0.05, 0) is 47.4 Å². The van der Waals surface area contributed by atoms with Crippen LogP contribution in [0.2, 0.25) is 20.1 Å². The van der Waals surface area contributed by atoms with E-state index in [0.29, 0.717) is 38.6 Å². The van der Waals surface area contributed by atoms with Crippen LogP contribution < -0.4 is 5.32 Å². The Bertz CT molecular complexity index is 1190. The fourth-order valence-corrected chi connectivity index (χ4v) is 4.62. The number of nitrogens with zero attached hydrogens (tertiary/aromatic N) is 1. The molecule has 0 aromatic heterocycles. The van der Waals surface area contributed by atoms with Crippen LogP contribution in [0.25, 0.3) is 0 Å². The molecule has 0 bridgehead atoms. The topological polar surface area (TPSA) is 49.4 Å². The van der Waals surface area contributed by atoms with Gasteiger partial charge < -0.3 is 10.2 Å². The molecule has 3 aromatic rings. The highest BCUT2D eigenvalue weighted by atomic mass is 35.5. The minimum atomic E-state index is -0.739. The van der Waals surface area contributed by atoms with Gasteiger partial charge in [-0.25, -0.2) is 0 Å². The maximum Gasteiger partial charge on any atom is 0.243 e. The quantitative estimate of drug-likeness (QED) is 0.246. The standard InChI is InChI=1S/C28H28Cl4N2O2/c1-2-3-13-33-28(36)26(15-19-7-5-4-6-8-19)34(18-20-9-12-23(30)25(32)14-20)27(35)16-21-10-11-22(29)17-24(21)31/h4-12,14,17,26H,2-3,13,15-16,18H2,1H3,(H,33,36)/t26-/m0/s1. The molecule has 3 rings (SSSR count). The van der Waals surface area contributed by atoms with Gasteiger partial charge >= 0.3 is 0 Å². The lowest BCUT2D eigenvalue weighted by Crippen LogP contribution is -2.51. The fourth-order valence-electron chi connectivity index (χ4n) is 3.82. The van der Waals surface area contributed by atoms with Crippen LogP contribution in [0.15, 0.2) is 66.7 Å². The first-order chi connectivity index (χ1) is 17.3. The molecular weight excluding hydrogens is 538 g/mol. The minimum absolute atomic E-state index is 0.0187. The minimum Gasteiger partial charge on any atom is -0.354 e. The molecule has 8 heteroatoms. The molecular formula is C28H28Cl4N2O2. The molecule has 4 nitrogen and oxygen atoms in total. The van der Waals surface area contributed by atoms with E-state index in [1.807, 2.05) is 30.3 Å². The molecule has 36 heavy (non-hydrogen) atoms. The van der Waals surface area contributed by atoms with E-state index in [1.54, 1.807) is 41.3 Å². The first-order valence-electron chi connectivity index (χ1n) is 11.8. The van der Waals surface area contributed by atoms with Crippen LogP contribution >= 0.6 is 46.4 Å². The van der Waals surface area contributed by atoms with E-state index in [1.165, 1.54) is 0 Å². The molecule has 0 fully saturated rings. The smallest absolute Gasteiger partial charge is 0.243 e. The van der Waals surface area contributed by atoms with E-state index in [4.69, 9.17) is 46.4 Å². The normalized spacial score (nSPS) is 11.7. The van der Waals surface area contributed by atoms with E-state index in [-0.39, 0.29) is 24.8 Å². The van der Waals surface area contributed by atoms with Gasteiger partial charge in [-0.2, -0.15) is 0 Å². The van der Waals surface area contributed by atoms with Crippen molar-refractivity contribution in [1.82, 2.24) is 10.2 Å². The molecule has 0 aliphatic rings. The van der Waals surface area contributed by atoms with Crippen LogP contribution in [-0.4, -0.2) is 29.3 Å². The van der Waals surface area contributed by atoms with Gasteiger partial charge in [0.15, 0.2) is 0 Å². The second-order valence-corrected chi connectivity index (χ2v) is 10.2. The van der Waals surface area contributed by atoms with Crippen LogP contribution in [-0.2, 0) is 29.0 Å². The molecule has 190 valence electrons. The molecule has 3 aromatic carbocycles. The summed E-state index contributed by atoms with van der Waals surface area (Å²) in [5.74, 6) is -0.445. The third kappa shape index (κ3) is 8.14. The van der Waals surface area contributed by atoms with Gasteiger partial charge in [-0.15, -0.1) is 0 Å². The number of hydrogen-bond acceptors (Lipinski definition) is 2. The SMILES string of the molecule is CCCCNC(=O)[C@H](Cc1ccccc1)N(Cc1ccc(Cl)c(Cl)c1)C(=O)Cc1ccc(Cl)cc1Cl. The lowest BCUT2D eigenvalue weighted by atomic mass is 10.0. The number of carbonyl (C=O) groups excluding carboxylic acids is 2. The maximum absolute atomic E-state index is 13.8. The summed E-state index contributed by atoms with van der Waals surface area (Å²) in [6.07, 6.45) is 2.18. The van der Waals surface area contributed by atoms with Crippen molar-refractivity contribution >= 4 is 58.2 Å². The lowest BCUT2D eigenvalue weighted by Gasteiger charge is -2.32. The first kappa shape index (κ1) is 28.3. The highest BCUT2D eigenvalue weighted by Crippen LogP contribution is 2.26. The number of nitrogens with one attached hydrogen (secondary N) is 1. The van der Waals surface area contributed by atoms with Crippen molar-refractivity contribution in [3.63, 3.8) is 0 Å². The van der Waals surface area contributed by atoms with E-state index < -0.39 is 6.04 Å². The van der Waals surface area contributed by atoms with Gasteiger partial charge in [0.2, 0.25) is 11.8 Å². The fraction of sp³-hybridized carbons (Fsp3) is 0.286. The molecule has 0 heterocycles. The van der Waals surface area contributed by atoms with Gasteiger partial charge in [0.1, 0.15) is 6.04 Å². The molecule has 1 atom stereocenters. The van der Waals surface area contributed by atoms with Crippen molar-refractivity contribution in [2.45, 2.75) is 45.2 Å². The predicted octanol–water partition coefficient (Wildman–Crippen LogP) is 7.40. The molecule has 0 spiro atoms. The van der Waals surface area contributed by atoms with Crippen LogP contribution in [0.4, 0.5) is 0 Å². The second kappa shape index (κ2) is 13.9. The summed E-state index contributed by atoms with van der Waals surface area (Å²) >= 11 is 24.8. The lowest BCUT2D eigenvalue weighted by molar-refractivity contribution is -0.140. The maximum atomic E-state index is 13.8. The number of hydrogen-bond donors (Lipinski definition) is 1. The summed E-state index contributed by atoms with van der Waals surface area (Å²) in [6, 6.07) is 19.1. The Morgan fingerprint density at radius 1 is 0.861 bits per heavy atom.